The molecular weight excluding hydrogens is 235 g/mol. The normalized spacial score (nSPS) is 11.0. The first-order valence-electron chi connectivity index (χ1n) is 4.21. The number of hydrogen-bond acceptors (Lipinski definition) is 6. The van der Waals surface area contributed by atoms with Crippen LogP contribution in [0.25, 0.3) is 0 Å². The molecule has 0 fully saturated rings. The molecule has 9 heteroatoms. The largest absolute Gasteiger partial charge is 0.490 e. The fourth-order valence-electron chi connectivity index (χ4n) is 1.05. The van der Waals surface area contributed by atoms with Crippen LogP contribution in [0, 0.1) is 0 Å². The zero-order valence-electron chi connectivity index (χ0n) is 8.71. The van der Waals surface area contributed by atoms with Crippen molar-refractivity contribution in [2.75, 3.05) is 18.1 Å². The Morgan fingerprint density at radius 2 is 2.12 bits per heavy atom. The van der Waals surface area contributed by atoms with Crippen molar-refractivity contribution < 1.29 is 23.2 Å². The molecule has 1 heterocycles. The van der Waals surface area contributed by atoms with Gasteiger partial charge in [0, 0.05) is 11.7 Å². The average molecular weight is 246 g/mol. The Morgan fingerprint density at radius 3 is 2.56 bits per heavy atom. The van der Waals surface area contributed by atoms with Crippen LogP contribution in [0.1, 0.15) is 0 Å². The fraction of sp³-hybridized carbons (Fsp3) is 0.286. The maximum absolute atomic E-state index is 11.0. The summed E-state index contributed by atoms with van der Waals surface area (Å²) in [5.41, 5.74) is 0.113. The molecule has 1 rings (SSSR count). The van der Waals surface area contributed by atoms with E-state index in [4.69, 9.17) is 14.8 Å². The van der Waals surface area contributed by atoms with Crippen LogP contribution < -0.4 is 14.9 Å². The highest BCUT2D eigenvalue weighted by molar-refractivity contribution is 7.92. The van der Waals surface area contributed by atoms with E-state index in [1.807, 2.05) is 0 Å². The Morgan fingerprint density at radius 1 is 1.50 bits per heavy atom. The molecule has 0 unspecified atom stereocenters. The number of ether oxygens (including phenoxy) is 1. The second-order valence-electron chi connectivity index (χ2n) is 3.07. The Kier molecular flexibility index (Phi) is 3.73. The Labute approximate surface area is 93.3 Å². The van der Waals surface area contributed by atoms with Crippen LogP contribution in [0.5, 0.6) is 5.88 Å². The molecule has 0 saturated heterocycles. The maximum atomic E-state index is 11.0. The second-order valence-corrected chi connectivity index (χ2v) is 4.82. The highest BCUT2D eigenvalue weighted by Gasteiger charge is 2.16. The number of anilines is 1. The Hall–Kier alpha value is -1.32. The summed E-state index contributed by atoms with van der Waals surface area (Å²) >= 11 is 0. The minimum Gasteiger partial charge on any atom is -0.480 e. The third-order valence-electron chi connectivity index (χ3n) is 1.66. The van der Waals surface area contributed by atoms with Crippen LogP contribution in [0.4, 0.5) is 5.69 Å². The summed E-state index contributed by atoms with van der Waals surface area (Å²) in [6.07, 6.45) is 2.14. The quantitative estimate of drug-likeness (QED) is 0.537. The summed E-state index contributed by atoms with van der Waals surface area (Å²) in [5, 5.41) is 17.8. The number of pyridine rings is 1. The van der Waals surface area contributed by atoms with Crippen LogP contribution in [-0.4, -0.2) is 43.9 Å². The number of aromatic nitrogens is 1. The van der Waals surface area contributed by atoms with E-state index >= 15 is 0 Å². The van der Waals surface area contributed by atoms with Gasteiger partial charge in [0.05, 0.1) is 13.4 Å². The van der Waals surface area contributed by atoms with E-state index in [1.165, 1.54) is 19.4 Å². The molecular formula is C7H11BN2O5S. The topological polar surface area (TPSA) is 109 Å². The van der Waals surface area contributed by atoms with Crippen molar-refractivity contribution in [1.82, 2.24) is 4.98 Å². The van der Waals surface area contributed by atoms with Gasteiger partial charge >= 0.3 is 7.12 Å². The minimum absolute atomic E-state index is 0.0508. The molecule has 0 aliphatic heterocycles. The van der Waals surface area contributed by atoms with Gasteiger partial charge in [0.15, 0.2) is 0 Å². The smallest absolute Gasteiger partial charge is 0.480 e. The van der Waals surface area contributed by atoms with Crippen LogP contribution >= 0.6 is 0 Å². The van der Waals surface area contributed by atoms with Gasteiger partial charge in [-0.1, -0.05) is 0 Å². The summed E-state index contributed by atoms with van der Waals surface area (Å²) in [7, 11) is -3.88. The van der Waals surface area contributed by atoms with Gasteiger partial charge in [-0.05, 0) is 6.07 Å². The summed E-state index contributed by atoms with van der Waals surface area (Å²) in [6, 6.07) is 1.23. The molecule has 1 aromatic rings. The van der Waals surface area contributed by atoms with Gasteiger partial charge in [-0.3, -0.25) is 4.72 Å². The first-order valence-corrected chi connectivity index (χ1v) is 6.10. The molecule has 0 aromatic carbocycles. The zero-order chi connectivity index (χ0) is 12.3. The maximum Gasteiger partial charge on any atom is 0.490 e. The van der Waals surface area contributed by atoms with Crippen molar-refractivity contribution in [1.29, 1.82) is 0 Å². The van der Waals surface area contributed by atoms with Crippen molar-refractivity contribution in [3.05, 3.63) is 12.3 Å². The molecule has 0 aliphatic rings. The predicted octanol–water partition coefficient (Wildman–Crippen LogP) is -1.86. The molecule has 16 heavy (non-hydrogen) atoms. The van der Waals surface area contributed by atoms with E-state index in [0.717, 1.165) is 6.26 Å². The van der Waals surface area contributed by atoms with Gasteiger partial charge in [0.25, 0.3) is 0 Å². The number of methoxy groups -OCH3 is 1. The molecule has 0 bridgehead atoms. The molecule has 88 valence electrons. The van der Waals surface area contributed by atoms with Crippen LogP contribution in [0.2, 0.25) is 0 Å². The Bertz CT molecular complexity index is 476. The fourth-order valence-corrected chi connectivity index (χ4v) is 1.59. The number of nitrogens with zero attached hydrogens (tertiary/aromatic N) is 1. The van der Waals surface area contributed by atoms with Gasteiger partial charge in [0.2, 0.25) is 15.9 Å². The van der Waals surface area contributed by atoms with Gasteiger partial charge in [-0.2, -0.15) is 0 Å². The van der Waals surface area contributed by atoms with Crippen LogP contribution in [-0.2, 0) is 10.0 Å². The summed E-state index contributed by atoms with van der Waals surface area (Å²) < 4.78 is 29.0. The SMILES string of the molecule is COc1ncc(B(O)O)cc1NS(C)(=O)=O. The molecule has 0 saturated carbocycles. The molecule has 0 amide bonds. The van der Waals surface area contributed by atoms with Gasteiger partial charge < -0.3 is 14.8 Å². The monoisotopic (exact) mass is 246 g/mol. The predicted molar refractivity (Wildman–Crippen MR) is 59.1 cm³/mol. The van der Waals surface area contributed by atoms with Crippen molar-refractivity contribution >= 4 is 28.3 Å². The third-order valence-corrected chi connectivity index (χ3v) is 2.25. The third kappa shape index (κ3) is 3.37. The Balaban J connectivity index is 3.17. The second kappa shape index (κ2) is 4.68. The van der Waals surface area contributed by atoms with Crippen LogP contribution in [0.3, 0.4) is 0 Å². The lowest BCUT2D eigenvalue weighted by Crippen LogP contribution is -2.30. The van der Waals surface area contributed by atoms with Crippen molar-refractivity contribution in [2.24, 2.45) is 0 Å². The number of rotatable bonds is 4. The highest BCUT2D eigenvalue weighted by atomic mass is 32.2. The van der Waals surface area contributed by atoms with E-state index in [1.54, 1.807) is 0 Å². The van der Waals surface area contributed by atoms with Crippen molar-refractivity contribution in [3.63, 3.8) is 0 Å². The van der Waals surface area contributed by atoms with E-state index < -0.39 is 17.1 Å². The number of sulfonamides is 1. The molecule has 7 nitrogen and oxygen atoms in total. The summed E-state index contributed by atoms with van der Waals surface area (Å²) in [5.74, 6) is 0.0508. The van der Waals surface area contributed by atoms with E-state index in [9.17, 15) is 8.42 Å². The lowest BCUT2D eigenvalue weighted by atomic mass is 9.81. The van der Waals surface area contributed by atoms with Crippen molar-refractivity contribution in [2.45, 2.75) is 0 Å². The van der Waals surface area contributed by atoms with E-state index in [-0.39, 0.29) is 17.0 Å². The molecule has 0 radical (unpaired) electrons. The number of nitrogens with one attached hydrogen (secondary N) is 1. The van der Waals surface area contributed by atoms with E-state index in [0.29, 0.717) is 0 Å². The standard InChI is InChI=1S/C7H11BN2O5S/c1-15-7-6(10-16(2,13)14)3-5(4-9-7)8(11)12/h3-4,10-12H,1-2H3. The lowest BCUT2D eigenvalue weighted by molar-refractivity contribution is 0.399. The molecule has 3 N–H and O–H groups in total. The lowest BCUT2D eigenvalue weighted by Gasteiger charge is -2.10. The van der Waals surface area contributed by atoms with Gasteiger partial charge in [0.1, 0.15) is 5.69 Å². The zero-order valence-corrected chi connectivity index (χ0v) is 9.52. The van der Waals surface area contributed by atoms with Gasteiger partial charge in [-0.25, -0.2) is 13.4 Å². The molecule has 0 aliphatic carbocycles. The highest BCUT2D eigenvalue weighted by Crippen LogP contribution is 2.19. The molecule has 0 spiro atoms. The summed E-state index contributed by atoms with van der Waals surface area (Å²) in [6.45, 7) is 0. The van der Waals surface area contributed by atoms with E-state index in [2.05, 4.69) is 9.71 Å². The number of hydrogen-bond donors (Lipinski definition) is 3. The first-order chi connectivity index (χ1) is 7.33. The molecule has 0 atom stereocenters. The van der Waals surface area contributed by atoms with Crippen molar-refractivity contribution in [3.8, 4) is 5.88 Å². The average Bonchev–Trinajstić information content (AvgIpc) is 2.15. The minimum atomic E-state index is -3.49. The van der Waals surface area contributed by atoms with Crippen LogP contribution in [0.15, 0.2) is 12.3 Å². The molecule has 1 aromatic heterocycles. The summed E-state index contributed by atoms with van der Waals surface area (Å²) in [4.78, 5) is 3.73. The first kappa shape index (κ1) is 12.8. The van der Waals surface area contributed by atoms with Gasteiger partial charge in [-0.15, -0.1) is 0 Å².